The number of halogens is 2. The Morgan fingerprint density at radius 2 is 2.08 bits per heavy atom. The average Bonchev–Trinajstić information content (AvgIpc) is 3.53. The molecule has 3 aromatic rings. The first-order valence-corrected chi connectivity index (χ1v) is 14.7. The molecule has 206 valence electrons. The van der Waals surface area contributed by atoms with Crippen LogP contribution in [-0.2, 0) is 22.3 Å². The van der Waals surface area contributed by atoms with Crippen molar-refractivity contribution < 1.29 is 18.7 Å². The van der Waals surface area contributed by atoms with Crippen molar-refractivity contribution in [1.82, 2.24) is 19.7 Å². The molecule has 1 unspecified atom stereocenters. The minimum atomic E-state index is -0.502. The number of hydrogen-bond donors (Lipinski definition) is 0. The Kier molecular flexibility index (Phi) is 8.36. The van der Waals surface area contributed by atoms with Crippen LogP contribution in [0.3, 0.4) is 0 Å². The zero-order valence-corrected chi connectivity index (χ0v) is 24.7. The van der Waals surface area contributed by atoms with Crippen LogP contribution < -0.4 is 0 Å². The van der Waals surface area contributed by atoms with Crippen molar-refractivity contribution in [2.24, 2.45) is 0 Å². The van der Waals surface area contributed by atoms with E-state index < -0.39 is 5.60 Å². The van der Waals surface area contributed by atoms with Gasteiger partial charge in [0, 0.05) is 46.9 Å². The van der Waals surface area contributed by atoms with E-state index in [1.54, 1.807) is 11.2 Å². The van der Waals surface area contributed by atoms with Gasteiger partial charge in [-0.25, -0.2) is 14.5 Å². The molecule has 1 amide bonds. The van der Waals surface area contributed by atoms with Gasteiger partial charge in [-0.1, -0.05) is 11.6 Å². The van der Waals surface area contributed by atoms with Gasteiger partial charge >= 0.3 is 6.09 Å². The van der Waals surface area contributed by atoms with Crippen LogP contribution in [-0.4, -0.2) is 51.1 Å². The Hall–Kier alpha value is -2.10. The second kappa shape index (κ2) is 11.6. The molecule has 2 aromatic heterocycles. The van der Waals surface area contributed by atoms with E-state index in [1.165, 1.54) is 0 Å². The molecule has 10 heteroatoms. The van der Waals surface area contributed by atoms with E-state index in [0.29, 0.717) is 25.4 Å². The second-order valence-corrected chi connectivity index (χ2v) is 12.5. The Labute approximate surface area is 237 Å². The first kappa shape index (κ1) is 27.5. The predicted molar refractivity (Wildman–Crippen MR) is 150 cm³/mol. The minimum absolute atomic E-state index is 0.0327. The first-order chi connectivity index (χ1) is 18.2. The maximum absolute atomic E-state index is 12.5. The molecular weight excluding hydrogens is 572 g/mol. The molecular formula is C28H36BrClN4O4. The largest absolute Gasteiger partial charge is 0.449 e. The molecule has 0 spiro atoms. The third-order valence-corrected chi connectivity index (χ3v) is 8.44. The summed E-state index contributed by atoms with van der Waals surface area (Å²) in [5.74, 6) is 0.870. The molecule has 4 heterocycles. The average molecular weight is 608 g/mol. The number of fused-ring (bicyclic) bond motifs is 1. The topological polar surface area (TPSA) is 82.6 Å². The Morgan fingerprint density at radius 3 is 2.84 bits per heavy atom. The van der Waals surface area contributed by atoms with Gasteiger partial charge in [0.15, 0.2) is 12.1 Å². The number of aromatic nitrogens is 3. The number of aryl methyl sites for hydroxylation is 1. The highest BCUT2D eigenvalue weighted by molar-refractivity contribution is 9.10. The number of ether oxygens (including phenoxy) is 2. The van der Waals surface area contributed by atoms with Crippen LogP contribution in [0.2, 0.25) is 5.02 Å². The Morgan fingerprint density at radius 1 is 1.24 bits per heavy atom. The summed E-state index contributed by atoms with van der Waals surface area (Å²) in [6, 6.07) is 2.00. The van der Waals surface area contributed by atoms with E-state index in [2.05, 4.69) is 21.0 Å². The van der Waals surface area contributed by atoms with Crippen molar-refractivity contribution in [3.63, 3.8) is 0 Å². The molecule has 5 rings (SSSR count). The van der Waals surface area contributed by atoms with Crippen molar-refractivity contribution in [2.45, 2.75) is 89.9 Å². The van der Waals surface area contributed by atoms with Crippen LogP contribution in [0.15, 0.2) is 27.4 Å². The van der Waals surface area contributed by atoms with E-state index in [9.17, 15) is 4.79 Å². The number of amides is 1. The van der Waals surface area contributed by atoms with E-state index in [0.717, 1.165) is 83.2 Å². The highest BCUT2D eigenvalue weighted by atomic mass is 79.9. The molecule has 0 aliphatic carbocycles. The summed E-state index contributed by atoms with van der Waals surface area (Å²) in [7, 11) is 0. The molecule has 2 atom stereocenters. The van der Waals surface area contributed by atoms with Crippen molar-refractivity contribution in [2.75, 3.05) is 19.7 Å². The fourth-order valence-electron chi connectivity index (χ4n) is 5.29. The Bertz CT molecular complexity index is 1280. The van der Waals surface area contributed by atoms with Crippen molar-refractivity contribution in [3.05, 3.63) is 45.2 Å². The molecule has 8 nitrogen and oxygen atoms in total. The third kappa shape index (κ3) is 6.20. The molecule has 1 aromatic carbocycles. The number of rotatable bonds is 6. The normalized spacial score (nSPS) is 20.7. The number of likely N-dealkylation sites (tertiary alicyclic amines) is 1. The van der Waals surface area contributed by atoms with Crippen LogP contribution >= 0.6 is 27.5 Å². The van der Waals surface area contributed by atoms with Crippen molar-refractivity contribution in [1.29, 1.82) is 0 Å². The fourth-order valence-corrected chi connectivity index (χ4v) is 6.41. The standard InChI is InChI=1S/C28H36BrClN4O4/c1-28(2,3)38-27(35)33-12-7-8-18(16-33)22-17-37-24(32-22)10-6-9-19-21(30)14-23-20(26(19)29)15-31-34(23)25-11-4-5-13-36-25/h14-15,17-18,25H,4-13,16H2,1-3H3/t18-,25?/m1/s1. The summed E-state index contributed by atoms with van der Waals surface area (Å²) in [4.78, 5) is 19.1. The summed E-state index contributed by atoms with van der Waals surface area (Å²) in [6.07, 6.45) is 10.8. The number of hydrogen-bond acceptors (Lipinski definition) is 6. The van der Waals surface area contributed by atoms with Crippen LogP contribution in [0.1, 0.15) is 88.6 Å². The number of carbonyl (C=O) groups excluding carboxylic acids is 1. The van der Waals surface area contributed by atoms with Crippen molar-refractivity contribution in [3.8, 4) is 0 Å². The molecule has 2 fully saturated rings. The zero-order valence-electron chi connectivity index (χ0n) is 22.3. The maximum atomic E-state index is 12.5. The van der Waals surface area contributed by atoms with Crippen LogP contribution in [0.4, 0.5) is 4.79 Å². The van der Waals surface area contributed by atoms with Crippen LogP contribution in [0.5, 0.6) is 0 Å². The predicted octanol–water partition coefficient (Wildman–Crippen LogP) is 7.43. The van der Waals surface area contributed by atoms with Gasteiger partial charge in [0.25, 0.3) is 0 Å². The van der Waals surface area contributed by atoms with Gasteiger partial charge in [-0.3, -0.25) is 0 Å². The van der Waals surface area contributed by atoms with Gasteiger partial charge < -0.3 is 18.8 Å². The summed E-state index contributed by atoms with van der Waals surface area (Å²) in [5.41, 5.74) is 2.46. The van der Waals surface area contributed by atoms with Gasteiger partial charge in [0.05, 0.1) is 17.4 Å². The summed E-state index contributed by atoms with van der Waals surface area (Å²) in [6.45, 7) is 7.74. The molecule has 0 radical (unpaired) electrons. The number of benzene rings is 1. The monoisotopic (exact) mass is 606 g/mol. The number of nitrogens with zero attached hydrogens (tertiary/aromatic N) is 4. The molecule has 2 saturated heterocycles. The number of oxazole rings is 1. The van der Waals surface area contributed by atoms with E-state index in [4.69, 9.17) is 30.5 Å². The maximum Gasteiger partial charge on any atom is 0.410 e. The molecule has 2 aliphatic rings. The lowest BCUT2D eigenvalue weighted by atomic mass is 9.95. The lowest BCUT2D eigenvalue weighted by Gasteiger charge is -2.33. The molecule has 38 heavy (non-hydrogen) atoms. The van der Waals surface area contributed by atoms with Crippen molar-refractivity contribution >= 4 is 44.5 Å². The lowest BCUT2D eigenvalue weighted by molar-refractivity contribution is -0.0366. The molecule has 0 N–H and O–H groups in total. The number of piperidine rings is 1. The van der Waals surface area contributed by atoms with Gasteiger partial charge in [0.2, 0.25) is 0 Å². The summed E-state index contributed by atoms with van der Waals surface area (Å²) >= 11 is 10.5. The lowest BCUT2D eigenvalue weighted by Crippen LogP contribution is -2.42. The first-order valence-electron chi connectivity index (χ1n) is 13.6. The third-order valence-electron chi connectivity index (χ3n) is 7.19. The van der Waals surface area contributed by atoms with Gasteiger partial charge in [-0.05, 0) is 93.3 Å². The van der Waals surface area contributed by atoms with Crippen LogP contribution in [0.25, 0.3) is 10.9 Å². The second-order valence-electron chi connectivity index (χ2n) is 11.3. The van der Waals surface area contributed by atoms with E-state index in [1.807, 2.05) is 37.7 Å². The van der Waals surface area contributed by atoms with Gasteiger partial charge in [-0.2, -0.15) is 5.10 Å². The SMILES string of the molecule is CC(C)(C)OC(=O)N1CCC[C@@H](c2coc(CCCc3c(Cl)cc4c(cnn4C4CCCCO4)c3Br)n2)C1. The number of carbonyl (C=O) groups is 1. The fraction of sp³-hybridized carbons (Fsp3) is 0.607. The molecule has 0 bridgehead atoms. The highest BCUT2D eigenvalue weighted by Crippen LogP contribution is 2.37. The zero-order chi connectivity index (χ0) is 26.9. The van der Waals surface area contributed by atoms with Gasteiger partial charge in [0.1, 0.15) is 11.9 Å². The quantitative estimate of drug-likeness (QED) is 0.290. The summed E-state index contributed by atoms with van der Waals surface area (Å²) in [5, 5.41) is 6.38. The minimum Gasteiger partial charge on any atom is -0.449 e. The Balaban J connectivity index is 1.20. The van der Waals surface area contributed by atoms with Crippen LogP contribution in [0, 0.1) is 0 Å². The van der Waals surface area contributed by atoms with E-state index in [-0.39, 0.29) is 18.2 Å². The van der Waals surface area contributed by atoms with E-state index >= 15 is 0 Å². The smallest absolute Gasteiger partial charge is 0.410 e. The van der Waals surface area contributed by atoms with Gasteiger partial charge in [-0.15, -0.1) is 0 Å². The molecule has 0 saturated carbocycles. The summed E-state index contributed by atoms with van der Waals surface area (Å²) < 4.78 is 20.3. The molecule has 2 aliphatic heterocycles. The highest BCUT2D eigenvalue weighted by Gasteiger charge is 2.30.